The first kappa shape index (κ1) is 15.0. The Kier molecular flexibility index (Phi) is 4.09. The van der Waals surface area contributed by atoms with E-state index in [-0.39, 0.29) is 5.69 Å². The predicted octanol–water partition coefficient (Wildman–Crippen LogP) is 3.12. The van der Waals surface area contributed by atoms with Gasteiger partial charge in [-0.25, -0.2) is 4.79 Å². The fourth-order valence-corrected chi connectivity index (χ4v) is 3.33. The molecule has 124 valence electrons. The van der Waals surface area contributed by atoms with Crippen LogP contribution in [-0.4, -0.2) is 22.6 Å². The lowest BCUT2D eigenvalue weighted by Gasteiger charge is -2.22. The second kappa shape index (κ2) is 6.53. The summed E-state index contributed by atoms with van der Waals surface area (Å²) in [4.78, 5) is 15.3. The molecule has 0 unspecified atom stereocenters. The van der Waals surface area contributed by atoms with E-state index in [2.05, 4.69) is 10.3 Å². The van der Waals surface area contributed by atoms with Gasteiger partial charge in [-0.1, -0.05) is 18.2 Å². The SMILES string of the molecule is O=c1[nH]c2cc(Oc3ccccc3)ccc2n1CC1CCNCC1. The Balaban J connectivity index is 1.60. The van der Waals surface area contributed by atoms with E-state index in [4.69, 9.17) is 4.74 Å². The van der Waals surface area contributed by atoms with Gasteiger partial charge in [0, 0.05) is 12.6 Å². The highest BCUT2D eigenvalue weighted by Crippen LogP contribution is 2.25. The quantitative estimate of drug-likeness (QED) is 0.775. The summed E-state index contributed by atoms with van der Waals surface area (Å²) < 4.78 is 7.70. The van der Waals surface area contributed by atoms with Crippen LogP contribution >= 0.6 is 0 Å². The van der Waals surface area contributed by atoms with E-state index in [1.54, 1.807) is 0 Å². The van der Waals surface area contributed by atoms with E-state index in [0.717, 1.165) is 55.0 Å². The first-order valence-electron chi connectivity index (χ1n) is 8.46. The minimum Gasteiger partial charge on any atom is -0.457 e. The Morgan fingerprint density at radius 1 is 1.04 bits per heavy atom. The van der Waals surface area contributed by atoms with Crippen molar-refractivity contribution in [1.29, 1.82) is 0 Å². The van der Waals surface area contributed by atoms with E-state index in [1.165, 1.54) is 0 Å². The molecule has 1 aliphatic rings. The molecule has 24 heavy (non-hydrogen) atoms. The number of nitrogens with zero attached hydrogens (tertiary/aromatic N) is 1. The van der Waals surface area contributed by atoms with Gasteiger partial charge >= 0.3 is 5.69 Å². The number of imidazole rings is 1. The molecule has 0 bridgehead atoms. The number of piperidine rings is 1. The van der Waals surface area contributed by atoms with Gasteiger partial charge in [-0.05, 0) is 56.1 Å². The number of hydrogen-bond donors (Lipinski definition) is 2. The molecule has 1 saturated heterocycles. The molecule has 1 aliphatic heterocycles. The number of aromatic amines is 1. The van der Waals surface area contributed by atoms with Gasteiger partial charge in [0.15, 0.2) is 0 Å². The topological polar surface area (TPSA) is 59.1 Å². The third-order valence-corrected chi connectivity index (χ3v) is 4.62. The maximum Gasteiger partial charge on any atom is 0.326 e. The Labute approximate surface area is 140 Å². The second-order valence-electron chi connectivity index (χ2n) is 6.33. The molecule has 0 amide bonds. The zero-order chi connectivity index (χ0) is 16.4. The number of hydrogen-bond acceptors (Lipinski definition) is 3. The van der Waals surface area contributed by atoms with Crippen molar-refractivity contribution in [2.24, 2.45) is 5.92 Å². The molecule has 4 rings (SSSR count). The van der Waals surface area contributed by atoms with Crippen LogP contribution in [0.3, 0.4) is 0 Å². The van der Waals surface area contributed by atoms with Crippen molar-refractivity contribution in [3.05, 3.63) is 59.0 Å². The smallest absolute Gasteiger partial charge is 0.326 e. The van der Waals surface area contributed by atoms with Crippen LogP contribution in [0.5, 0.6) is 11.5 Å². The number of fused-ring (bicyclic) bond motifs is 1. The first-order valence-corrected chi connectivity index (χ1v) is 8.46. The molecule has 0 radical (unpaired) electrons. The Hall–Kier alpha value is -2.53. The predicted molar refractivity (Wildman–Crippen MR) is 94.7 cm³/mol. The molecular formula is C19H21N3O2. The largest absolute Gasteiger partial charge is 0.457 e. The van der Waals surface area contributed by atoms with Gasteiger partial charge in [-0.3, -0.25) is 4.57 Å². The van der Waals surface area contributed by atoms with Crippen molar-refractivity contribution in [3.8, 4) is 11.5 Å². The average Bonchev–Trinajstić information content (AvgIpc) is 2.92. The molecule has 0 saturated carbocycles. The summed E-state index contributed by atoms with van der Waals surface area (Å²) in [5, 5.41) is 3.37. The van der Waals surface area contributed by atoms with E-state index in [0.29, 0.717) is 5.92 Å². The summed E-state index contributed by atoms with van der Waals surface area (Å²) in [6, 6.07) is 15.4. The van der Waals surface area contributed by atoms with Gasteiger partial charge in [0.1, 0.15) is 11.5 Å². The molecule has 0 spiro atoms. The van der Waals surface area contributed by atoms with Gasteiger partial charge in [0.2, 0.25) is 0 Å². The maximum atomic E-state index is 12.3. The van der Waals surface area contributed by atoms with Gasteiger partial charge in [-0.2, -0.15) is 0 Å². The monoisotopic (exact) mass is 323 g/mol. The highest BCUT2D eigenvalue weighted by atomic mass is 16.5. The lowest BCUT2D eigenvalue weighted by molar-refractivity contribution is 0.333. The van der Waals surface area contributed by atoms with Crippen molar-refractivity contribution >= 4 is 11.0 Å². The van der Waals surface area contributed by atoms with Crippen LogP contribution < -0.4 is 15.7 Å². The second-order valence-corrected chi connectivity index (χ2v) is 6.33. The van der Waals surface area contributed by atoms with Crippen LogP contribution in [0.25, 0.3) is 11.0 Å². The van der Waals surface area contributed by atoms with Crippen molar-refractivity contribution in [1.82, 2.24) is 14.9 Å². The molecule has 5 nitrogen and oxygen atoms in total. The fourth-order valence-electron chi connectivity index (χ4n) is 3.33. The first-order chi connectivity index (χ1) is 11.8. The van der Waals surface area contributed by atoms with Crippen molar-refractivity contribution < 1.29 is 4.74 Å². The molecule has 0 aliphatic carbocycles. The number of aromatic nitrogens is 2. The minimum absolute atomic E-state index is 0.0413. The summed E-state index contributed by atoms with van der Waals surface area (Å²) >= 11 is 0. The average molecular weight is 323 g/mol. The number of rotatable bonds is 4. The summed E-state index contributed by atoms with van der Waals surface area (Å²) in [5.74, 6) is 2.07. The lowest BCUT2D eigenvalue weighted by atomic mass is 9.98. The van der Waals surface area contributed by atoms with E-state index in [9.17, 15) is 4.79 Å². The maximum absolute atomic E-state index is 12.3. The number of nitrogens with one attached hydrogen (secondary N) is 2. The zero-order valence-electron chi connectivity index (χ0n) is 13.5. The van der Waals surface area contributed by atoms with Crippen molar-refractivity contribution in [2.45, 2.75) is 19.4 Å². The van der Waals surface area contributed by atoms with Crippen LogP contribution in [0, 0.1) is 5.92 Å². The van der Waals surface area contributed by atoms with Gasteiger partial charge in [-0.15, -0.1) is 0 Å². The number of benzene rings is 2. The molecule has 0 atom stereocenters. The van der Waals surface area contributed by atoms with Gasteiger partial charge in [0.25, 0.3) is 0 Å². The van der Waals surface area contributed by atoms with E-state index in [1.807, 2.05) is 53.1 Å². The van der Waals surface area contributed by atoms with E-state index < -0.39 is 0 Å². The molecule has 5 heteroatoms. The van der Waals surface area contributed by atoms with E-state index >= 15 is 0 Å². The highest BCUT2D eigenvalue weighted by molar-refractivity contribution is 5.77. The fraction of sp³-hybridized carbons (Fsp3) is 0.316. The van der Waals surface area contributed by atoms with Crippen LogP contribution in [0.4, 0.5) is 0 Å². The standard InChI is InChI=1S/C19H21N3O2/c23-19-21-17-12-16(24-15-4-2-1-3-5-15)6-7-18(17)22(19)13-14-8-10-20-11-9-14/h1-7,12,14,20H,8-11,13H2,(H,21,23). The van der Waals surface area contributed by atoms with Crippen molar-refractivity contribution in [3.63, 3.8) is 0 Å². The number of H-pyrrole nitrogens is 1. The Morgan fingerprint density at radius 3 is 2.62 bits per heavy atom. The summed E-state index contributed by atoms with van der Waals surface area (Å²) in [6.45, 7) is 2.85. The molecule has 2 heterocycles. The van der Waals surface area contributed by atoms with Gasteiger partial charge in [0.05, 0.1) is 11.0 Å². The summed E-state index contributed by atoms with van der Waals surface area (Å²) in [6.07, 6.45) is 2.24. The van der Waals surface area contributed by atoms with Crippen LogP contribution in [0.2, 0.25) is 0 Å². The van der Waals surface area contributed by atoms with Gasteiger partial charge < -0.3 is 15.0 Å². The Bertz CT molecular complexity index is 877. The molecular weight excluding hydrogens is 302 g/mol. The third-order valence-electron chi connectivity index (χ3n) is 4.62. The minimum atomic E-state index is -0.0413. The van der Waals surface area contributed by atoms with Crippen LogP contribution in [0.15, 0.2) is 53.3 Å². The molecule has 2 N–H and O–H groups in total. The molecule has 1 fully saturated rings. The normalized spacial score (nSPS) is 15.7. The van der Waals surface area contributed by atoms with Crippen LogP contribution in [0.1, 0.15) is 12.8 Å². The summed E-state index contributed by atoms with van der Waals surface area (Å²) in [5.41, 5.74) is 1.72. The van der Waals surface area contributed by atoms with Crippen molar-refractivity contribution in [2.75, 3.05) is 13.1 Å². The molecule has 1 aromatic heterocycles. The molecule has 2 aromatic carbocycles. The Morgan fingerprint density at radius 2 is 1.83 bits per heavy atom. The highest BCUT2D eigenvalue weighted by Gasteiger charge is 2.16. The lowest BCUT2D eigenvalue weighted by Crippen LogP contribution is -2.31. The molecule has 3 aromatic rings. The number of ether oxygens (including phenoxy) is 1. The zero-order valence-corrected chi connectivity index (χ0v) is 13.5. The number of para-hydroxylation sites is 1. The third kappa shape index (κ3) is 3.08. The summed E-state index contributed by atoms with van der Waals surface area (Å²) in [7, 11) is 0. The van der Waals surface area contributed by atoms with Crippen LogP contribution in [-0.2, 0) is 6.54 Å².